The maximum Gasteiger partial charge on any atom is 0.290 e. The van der Waals surface area contributed by atoms with Crippen LogP contribution in [0.25, 0.3) is 10.8 Å². The summed E-state index contributed by atoms with van der Waals surface area (Å²) in [5.41, 5.74) is 0.874. The van der Waals surface area contributed by atoms with Crippen molar-refractivity contribution in [3.8, 4) is 10.8 Å². The summed E-state index contributed by atoms with van der Waals surface area (Å²) < 4.78 is 10.1. The van der Waals surface area contributed by atoms with Gasteiger partial charge in [0.2, 0.25) is 5.76 Å². The average Bonchev–Trinajstić information content (AvgIpc) is 3.18. The molecule has 6 nitrogen and oxygen atoms in total. The number of carbonyl (C=O) groups is 1. The summed E-state index contributed by atoms with van der Waals surface area (Å²) in [4.78, 5) is 17.2. The lowest BCUT2D eigenvalue weighted by Gasteiger charge is -2.00. The van der Waals surface area contributed by atoms with Gasteiger partial charge in [0.25, 0.3) is 5.91 Å². The lowest BCUT2D eigenvalue weighted by atomic mass is 10.3. The van der Waals surface area contributed by atoms with E-state index in [1.165, 1.54) is 23.6 Å². The number of amides is 1. The van der Waals surface area contributed by atoms with E-state index in [1.807, 2.05) is 19.1 Å². The maximum absolute atomic E-state index is 11.7. The third kappa shape index (κ3) is 2.48. The highest BCUT2D eigenvalue weighted by molar-refractivity contribution is 7.15. The third-order valence-electron chi connectivity index (χ3n) is 2.70. The van der Waals surface area contributed by atoms with E-state index in [4.69, 9.17) is 8.94 Å². The molecule has 0 atom stereocenters. The lowest BCUT2D eigenvalue weighted by Crippen LogP contribution is -2.22. The van der Waals surface area contributed by atoms with Crippen molar-refractivity contribution in [3.63, 3.8) is 0 Å². The number of thiazole rings is 1. The minimum absolute atomic E-state index is 0.193. The van der Waals surface area contributed by atoms with E-state index in [1.54, 1.807) is 6.26 Å². The average molecular weight is 289 g/mol. The molecule has 1 amide bonds. The predicted molar refractivity (Wildman–Crippen MR) is 72.2 cm³/mol. The molecule has 0 saturated carbocycles. The van der Waals surface area contributed by atoms with E-state index >= 15 is 0 Å². The third-order valence-corrected chi connectivity index (χ3v) is 3.87. The topological polar surface area (TPSA) is 81.2 Å². The Kier molecular flexibility index (Phi) is 3.34. The molecular formula is C13H11N3O3S. The first-order valence-electron chi connectivity index (χ1n) is 5.93. The number of aryl methyl sites for hydroxylation is 1. The van der Waals surface area contributed by atoms with Gasteiger partial charge in [-0.1, -0.05) is 5.16 Å². The van der Waals surface area contributed by atoms with Crippen LogP contribution in [0, 0.1) is 6.92 Å². The van der Waals surface area contributed by atoms with E-state index in [-0.39, 0.29) is 11.7 Å². The van der Waals surface area contributed by atoms with Gasteiger partial charge in [0.15, 0.2) is 10.8 Å². The Morgan fingerprint density at radius 3 is 3.05 bits per heavy atom. The number of nitrogens with zero attached hydrogens (tertiary/aromatic N) is 2. The summed E-state index contributed by atoms with van der Waals surface area (Å²) >= 11 is 1.49. The molecule has 0 unspecified atom stereocenters. The number of furan rings is 1. The highest BCUT2D eigenvalue weighted by Crippen LogP contribution is 2.28. The molecule has 3 heterocycles. The van der Waals surface area contributed by atoms with Gasteiger partial charge in [0.1, 0.15) is 0 Å². The van der Waals surface area contributed by atoms with Gasteiger partial charge in [-0.15, -0.1) is 11.3 Å². The van der Waals surface area contributed by atoms with Crippen molar-refractivity contribution in [1.29, 1.82) is 0 Å². The smallest absolute Gasteiger partial charge is 0.290 e. The van der Waals surface area contributed by atoms with Crippen LogP contribution < -0.4 is 5.32 Å². The van der Waals surface area contributed by atoms with Crippen LogP contribution in [0.1, 0.15) is 21.1 Å². The van der Waals surface area contributed by atoms with Gasteiger partial charge >= 0.3 is 0 Å². The SMILES string of the molecule is Cc1nc(-c2ccco2)sc1CNC(=O)c1ccno1. The Labute approximate surface area is 118 Å². The fraction of sp³-hybridized carbons (Fsp3) is 0.154. The van der Waals surface area contributed by atoms with Gasteiger partial charge in [-0.25, -0.2) is 4.98 Å². The molecule has 0 fully saturated rings. The molecule has 0 aliphatic rings. The second-order valence-corrected chi connectivity index (χ2v) is 5.15. The second kappa shape index (κ2) is 5.30. The first-order valence-corrected chi connectivity index (χ1v) is 6.75. The summed E-state index contributed by atoms with van der Waals surface area (Å²) in [5.74, 6) is 0.624. The summed E-state index contributed by atoms with van der Waals surface area (Å²) in [7, 11) is 0. The molecule has 3 aromatic heterocycles. The van der Waals surface area contributed by atoms with Crippen LogP contribution in [0.3, 0.4) is 0 Å². The van der Waals surface area contributed by atoms with Crippen LogP contribution >= 0.6 is 11.3 Å². The van der Waals surface area contributed by atoms with Gasteiger partial charge in [-0.2, -0.15) is 0 Å². The Morgan fingerprint density at radius 1 is 1.45 bits per heavy atom. The van der Waals surface area contributed by atoms with Gasteiger partial charge in [0, 0.05) is 10.9 Å². The molecule has 7 heteroatoms. The number of hydrogen-bond acceptors (Lipinski definition) is 6. The first kappa shape index (κ1) is 12.6. The van der Waals surface area contributed by atoms with Crippen molar-refractivity contribution in [2.75, 3.05) is 0 Å². The number of rotatable bonds is 4. The number of aromatic nitrogens is 2. The van der Waals surface area contributed by atoms with E-state index in [0.717, 1.165) is 21.3 Å². The van der Waals surface area contributed by atoms with Crippen molar-refractivity contribution < 1.29 is 13.7 Å². The molecule has 0 spiro atoms. The van der Waals surface area contributed by atoms with Crippen LogP contribution in [-0.2, 0) is 6.54 Å². The minimum atomic E-state index is -0.296. The highest BCUT2D eigenvalue weighted by atomic mass is 32.1. The van der Waals surface area contributed by atoms with E-state index < -0.39 is 0 Å². The maximum atomic E-state index is 11.7. The van der Waals surface area contributed by atoms with Gasteiger partial charge < -0.3 is 14.3 Å². The Hall–Kier alpha value is -2.41. The highest BCUT2D eigenvalue weighted by Gasteiger charge is 2.14. The fourth-order valence-corrected chi connectivity index (χ4v) is 2.65. The van der Waals surface area contributed by atoms with E-state index in [9.17, 15) is 4.79 Å². The Bertz CT molecular complexity index is 701. The monoisotopic (exact) mass is 289 g/mol. The number of nitrogens with one attached hydrogen (secondary N) is 1. The minimum Gasteiger partial charge on any atom is -0.462 e. The first-order chi connectivity index (χ1) is 9.74. The fourth-order valence-electron chi connectivity index (χ4n) is 1.68. The predicted octanol–water partition coefficient (Wildman–Crippen LogP) is 2.63. The molecule has 0 aromatic carbocycles. The molecule has 3 rings (SSSR count). The molecule has 102 valence electrons. The van der Waals surface area contributed by atoms with E-state index in [0.29, 0.717) is 6.54 Å². The van der Waals surface area contributed by atoms with Crippen molar-refractivity contribution >= 4 is 17.2 Å². The Balaban J connectivity index is 1.71. The normalized spacial score (nSPS) is 10.7. The van der Waals surface area contributed by atoms with Crippen molar-refractivity contribution in [3.05, 3.63) is 47.0 Å². The summed E-state index contributed by atoms with van der Waals surface area (Å²) in [6.45, 7) is 2.29. The zero-order valence-corrected chi connectivity index (χ0v) is 11.4. The molecule has 1 N–H and O–H groups in total. The van der Waals surface area contributed by atoms with Crippen LogP contribution in [0.4, 0.5) is 0 Å². The lowest BCUT2D eigenvalue weighted by molar-refractivity contribution is 0.0914. The van der Waals surface area contributed by atoms with Gasteiger partial charge in [-0.3, -0.25) is 4.79 Å². The zero-order valence-electron chi connectivity index (χ0n) is 10.6. The summed E-state index contributed by atoms with van der Waals surface area (Å²) in [6, 6.07) is 5.19. The van der Waals surface area contributed by atoms with Crippen LogP contribution in [0.2, 0.25) is 0 Å². The molecule has 20 heavy (non-hydrogen) atoms. The molecule has 0 aliphatic heterocycles. The van der Waals surface area contributed by atoms with Crippen molar-refractivity contribution in [2.45, 2.75) is 13.5 Å². The van der Waals surface area contributed by atoms with Gasteiger partial charge in [-0.05, 0) is 19.1 Å². The number of carbonyl (C=O) groups excluding carboxylic acids is 1. The van der Waals surface area contributed by atoms with E-state index in [2.05, 4.69) is 15.5 Å². The molecule has 3 aromatic rings. The second-order valence-electron chi connectivity index (χ2n) is 4.06. The van der Waals surface area contributed by atoms with Gasteiger partial charge in [0.05, 0.1) is 24.7 Å². The quantitative estimate of drug-likeness (QED) is 0.798. The molecule has 0 aliphatic carbocycles. The largest absolute Gasteiger partial charge is 0.462 e. The molecule has 0 bridgehead atoms. The van der Waals surface area contributed by atoms with Crippen LogP contribution in [0.5, 0.6) is 0 Å². The van der Waals surface area contributed by atoms with Crippen LogP contribution in [0.15, 0.2) is 39.6 Å². The summed E-state index contributed by atoms with van der Waals surface area (Å²) in [6.07, 6.45) is 3.04. The molecular weight excluding hydrogens is 278 g/mol. The standard InChI is InChI=1S/C13H11N3O3S/c1-8-11(7-14-12(17)9-4-5-15-19-9)20-13(16-8)10-3-2-6-18-10/h2-6H,7H2,1H3,(H,14,17). The van der Waals surface area contributed by atoms with Crippen molar-refractivity contribution in [1.82, 2.24) is 15.5 Å². The summed E-state index contributed by atoms with van der Waals surface area (Å²) in [5, 5.41) is 7.07. The Morgan fingerprint density at radius 2 is 2.35 bits per heavy atom. The molecule has 0 radical (unpaired) electrons. The van der Waals surface area contributed by atoms with Crippen LogP contribution in [-0.4, -0.2) is 16.0 Å². The van der Waals surface area contributed by atoms with Crippen molar-refractivity contribution in [2.24, 2.45) is 0 Å². The number of hydrogen-bond donors (Lipinski definition) is 1. The zero-order chi connectivity index (χ0) is 13.9. The molecule has 0 saturated heterocycles.